The smallest absolute Gasteiger partial charge is 0.410 e. The molecule has 2 aromatic carbocycles. The van der Waals surface area contributed by atoms with Crippen LogP contribution in [0.3, 0.4) is 0 Å². The predicted octanol–water partition coefficient (Wildman–Crippen LogP) is 3.17. The van der Waals surface area contributed by atoms with Gasteiger partial charge < -0.3 is 14.7 Å². The first-order valence-electron chi connectivity index (χ1n) is 7.92. The van der Waals surface area contributed by atoms with Crippen molar-refractivity contribution in [2.75, 3.05) is 13.1 Å². The number of carbonyl (C=O) groups is 1. The number of piperidine rings is 1. The Morgan fingerprint density at radius 3 is 2.39 bits per heavy atom. The molecule has 1 heterocycles. The molecule has 0 saturated carbocycles. The summed E-state index contributed by atoms with van der Waals surface area (Å²) >= 11 is 0. The van der Waals surface area contributed by atoms with E-state index in [0.29, 0.717) is 13.1 Å². The fourth-order valence-electron chi connectivity index (χ4n) is 3.00. The van der Waals surface area contributed by atoms with Crippen molar-refractivity contribution in [2.24, 2.45) is 0 Å². The third kappa shape index (κ3) is 3.90. The van der Waals surface area contributed by atoms with Crippen LogP contribution in [-0.4, -0.2) is 35.3 Å². The van der Waals surface area contributed by atoms with Gasteiger partial charge in [0.25, 0.3) is 0 Å². The zero-order valence-electron chi connectivity index (χ0n) is 13.0. The Kier molecular flexibility index (Phi) is 4.93. The summed E-state index contributed by atoms with van der Waals surface area (Å²) < 4.78 is 5.33. The minimum atomic E-state index is -0.560. The Morgan fingerprint density at radius 1 is 1.09 bits per heavy atom. The maximum atomic E-state index is 12.2. The van der Waals surface area contributed by atoms with Crippen LogP contribution in [0, 0.1) is 0 Å². The fraction of sp³-hybridized carbons (Fsp3) is 0.316. The van der Waals surface area contributed by atoms with Crippen LogP contribution in [0.4, 0.5) is 4.79 Å². The van der Waals surface area contributed by atoms with E-state index in [1.165, 1.54) is 0 Å². The van der Waals surface area contributed by atoms with E-state index in [1.807, 2.05) is 60.7 Å². The number of hydrogen-bond donors (Lipinski definition) is 1. The van der Waals surface area contributed by atoms with E-state index < -0.39 is 6.10 Å². The number of likely N-dealkylation sites (tertiary alicyclic amines) is 1. The van der Waals surface area contributed by atoms with Crippen molar-refractivity contribution in [2.45, 2.75) is 25.0 Å². The first-order valence-corrected chi connectivity index (χ1v) is 7.92. The van der Waals surface area contributed by atoms with Gasteiger partial charge in [-0.2, -0.15) is 0 Å². The number of benzene rings is 2. The highest BCUT2D eigenvalue weighted by atomic mass is 16.6. The number of nitrogens with zero attached hydrogens (tertiary/aromatic N) is 1. The third-order valence-electron chi connectivity index (χ3n) is 4.27. The number of amides is 1. The molecule has 0 radical (unpaired) electrons. The topological polar surface area (TPSA) is 49.8 Å². The second kappa shape index (κ2) is 7.29. The number of aliphatic hydroxyl groups excluding tert-OH is 1. The van der Waals surface area contributed by atoms with E-state index in [1.54, 1.807) is 4.90 Å². The zero-order valence-corrected chi connectivity index (χ0v) is 13.0. The van der Waals surface area contributed by atoms with Crippen molar-refractivity contribution >= 4 is 6.09 Å². The van der Waals surface area contributed by atoms with Gasteiger partial charge >= 0.3 is 6.09 Å². The largest absolute Gasteiger partial charge is 0.445 e. The second-order valence-electron chi connectivity index (χ2n) is 5.86. The molecule has 1 aliphatic rings. The van der Waals surface area contributed by atoms with Crippen LogP contribution in [0.25, 0.3) is 0 Å². The van der Waals surface area contributed by atoms with Crippen LogP contribution in [0.15, 0.2) is 60.7 Å². The lowest BCUT2D eigenvalue weighted by Gasteiger charge is -2.35. The van der Waals surface area contributed by atoms with Gasteiger partial charge in [-0.1, -0.05) is 60.7 Å². The first-order chi connectivity index (χ1) is 11.2. The second-order valence-corrected chi connectivity index (χ2v) is 5.86. The standard InChI is InChI=1S/C19H21NO3/c21-18-13-20(12-11-17(18)16-9-5-2-6-10-16)19(22)23-14-15-7-3-1-4-8-15/h1-10,17-18,21H,11-14H2/t17-,18+/m1/s1. The summed E-state index contributed by atoms with van der Waals surface area (Å²) in [4.78, 5) is 13.7. The van der Waals surface area contributed by atoms with Crippen LogP contribution < -0.4 is 0 Å². The van der Waals surface area contributed by atoms with Crippen molar-refractivity contribution in [3.63, 3.8) is 0 Å². The first kappa shape index (κ1) is 15.6. The van der Waals surface area contributed by atoms with Crippen LogP contribution in [0.5, 0.6) is 0 Å². The van der Waals surface area contributed by atoms with Gasteiger partial charge in [-0.3, -0.25) is 0 Å². The Labute approximate surface area is 136 Å². The van der Waals surface area contributed by atoms with Gasteiger partial charge in [0.1, 0.15) is 6.61 Å². The molecule has 1 aliphatic heterocycles. The molecule has 23 heavy (non-hydrogen) atoms. The maximum Gasteiger partial charge on any atom is 0.410 e. The molecule has 0 unspecified atom stereocenters. The highest BCUT2D eigenvalue weighted by Crippen LogP contribution is 2.28. The number of rotatable bonds is 3. The summed E-state index contributed by atoms with van der Waals surface area (Å²) in [6, 6.07) is 19.6. The monoisotopic (exact) mass is 311 g/mol. The SMILES string of the molecule is O=C(OCc1ccccc1)N1CC[C@H](c2ccccc2)[C@@H](O)C1. The molecule has 1 amide bonds. The molecular formula is C19H21NO3. The molecule has 4 heteroatoms. The fourth-order valence-corrected chi connectivity index (χ4v) is 3.00. The van der Waals surface area contributed by atoms with E-state index in [9.17, 15) is 9.90 Å². The molecule has 2 aromatic rings. The number of aliphatic hydroxyl groups is 1. The van der Waals surface area contributed by atoms with E-state index in [-0.39, 0.29) is 18.6 Å². The van der Waals surface area contributed by atoms with Gasteiger partial charge in [0, 0.05) is 12.5 Å². The Hall–Kier alpha value is -2.33. The van der Waals surface area contributed by atoms with Crippen LogP contribution >= 0.6 is 0 Å². The Morgan fingerprint density at radius 2 is 1.74 bits per heavy atom. The summed E-state index contributed by atoms with van der Waals surface area (Å²) in [5, 5.41) is 10.4. The molecule has 1 N–H and O–H groups in total. The van der Waals surface area contributed by atoms with Gasteiger partial charge in [-0.25, -0.2) is 4.79 Å². The average Bonchev–Trinajstić information content (AvgIpc) is 2.61. The summed E-state index contributed by atoms with van der Waals surface area (Å²) in [5.74, 6) is 0.0781. The minimum Gasteiger partial charge on any atom is -0.445 e. The lowest BCUT2D eigenvalue weighted by Crippen LogP contribution is -2.45. The number of ether oxygens (including phenoxy) is 1. The van der Waals surface area contributed by atoms with Crippen LogP contribution in [0.2, 0.25) is 0 Å². The van der Waals surface area contributed by atoms with Gasteiger partial charge in [-0.15, -0.1) is 0 Å². The van der Waals surface area contributed by atoms with Gasteiger partial charge in [-0.05, 0) is 17.5 Å². The van der Waals surface area contributed by atoms with E-state index in [0.717, 1.165) is 17.5 Å². The Balaban J connectivity index is 1.54. The minimum absolute atomic E-state index is 0.0781. The molecule has 0 aliphatic carbocycles. The molecule has 0 bridgehead atoms. The number of carbonyl (C=O) groups excluding carboxylic acids is 1. The van der Waals surface area contributed by atoms with Crippen LogP contribution in [0.1, 0.15) is 23.5 Å². The molecule has 1 saturated heterocycles. The lowest BCUT2D eigenvalue weighted by atomic mass is 9.87. The maximum absolute atomic E-state index is 12.2. The van der Waals surface area contributed by atoms with Crippen molar-refractivity contribution in [1.82, 2.24) is 4.90 Å². The quantitative estimate of drug-likeness (QED) is 0.947. The van der Waals surface area contributed by atoms with Crippen LogP contribution in [-0.2, 0) is 11.3 Å². The molecule has 4 nitrogen and oxygen atoms in total. The molecule has 3 rings (SSSR count). The lowest BCUT2D eigenvalue weighted by molar-refractivity contribution is 0.0344. The highest BCUT2D eigenvalue weighted by Gasteiger charge is 2.31. The molecule has 2 atom stereocenters. The highest BCUT2D eigenvalue weighted by molar-refractivity contribution is 5.67. The molecular weight excluding hydrogens is 290 g/mol. The van der Waals surface area contributed by atoms with Crippen molar-refractivity contribution in [3.8, 4) is 0 Å². The molecule has 0 spiro atoms. The Bertz CT molecular complexity index is 630. The summed E-state index contributed by atoms with van der Waals surface area (Å²) in [6.07, 6.45) is -0.180. The normalized spacial score (nSPS) is 21.0. The van der Waals surface area contributed by atoms with Crippen molar-refractivity contribution in [1.29, 1.82) is 0 Å². The van der Waals surface area contributed by atoms with Gasteiger partial charge in [0.05, 0.1) is 12.6 Å². The molecule has 120 valence electrons. The third-order valence-corrected chi connectivity index (χ3v) is 4.27. The van der Waals surface area contributed by atoms with Crippen molar-refractivity contribution < 1.29 is 14.6 Å². The molecule has 0 aromatic heterocycles. The number of β-amino-alcohol motifs (C(OH)–C–C–N with tert-alkyl or cyclic N) is 1. The van der Waals surface area contributed by atoms with E-state index in [2.05, 4.69) is 0 Å². The predicted molar refractivity (Wildman–Crippen MR) is 88.0 cm³/mol. The summed E-state index contributed by atoms with van der Waals surface area (Å²) in [6.45, 7) is 1.17. The van der Waals surface area contributed by atoms with E-state index >= 15 is 0 Å². The molecule has 1 fully saturated rings. The zero-order chi connectivity index (χ0) is 16.1. The number of hydrogen-bond acceptors (Lipinski definition) is 3. The summed E-state index contributed by atoms with van der Waals surface area (Å²) in [5.41, 5.74) is 2.08. The van der Waals surface area contributed by atoms with Gasteiger partial charge in [0.2, 0.25) is 0 Å². The van der Waals surface area contributed by atoms with Gasteiger partial charge in [0.15, 0.2) is 0 Å². The average molecular weight is 311 g/mol. The summed E-state index contributed by atoms with van der Waals surface area (Å²) in [7, 11) is 0. The van der Waals surface area contributed by atoms with E-state index in [4.69, 9.17) is 4.74 Å². The van der Waals surface area contributed by atoms with Crippen molar-refractivity contribution in [3.05, 3.63) is 71.8 Å².